The van der Waals surface area contributed by atoms with Crippen molar-refractivity contribution in [2.24, 2.45) is 0 Å². The first-order chi connectivity index (χ1) is 7.24. The van der Waals surface area contributed by atoms with Crippen molar-refractivity contribution in [2.75, 3.05) is 6.54 Å². The second kappa shape index (κ2) is 6.23. The third kappa shape index (κ3) is 4.15. The summed E-state index contributed by atoms with van der Waals surface area (Å²) in [5.41, 5.74) is 1.20. The molecule has 0 N–H and O–H groups in total. The molecule has 0 radical (unpaired) electrons. The number of carbonyl (C=O) groups is 1. The minimum Gasteiger partial charge on any atom is -0.339 e. The Labute approximate surface area is 91.9 Å². The highest BCUT2D eigenvalue weighted by molar-refractivity contribution is 5.73. The molecule has 0 aliphatic rings. The van der Waals surface area contributed by atoms with Crippen LogP contribution in [-0.4, -0.2) is 17.4 Å². The summed E-state index contributed by atoms with van der Waals surface area (Å²) < 4.78 is 0. The molecule has 0 aliphatic carbocycles. The molecule has 0 saturated heterocycles. The van der Waals surface area contributed by atoms with Crippen molar-refractivity contribution >= 4 is 5.91 Å². The van der Waals surface area contributed by atoms with Crippen molar-refractivity contribution < 1.29 is 4.79 Å². The molecule has 0 spiro atoms. The van der Waals surface area contributed by atoms with Crippen molar-refractivity contribution in [3.63, 3.8) is 0 Å². The maximum atomic E-state index is 11.4. The highest BCUT2D eigenvalue weighted by Gasteiger charge is 2.07. The number of hydrogen-bond acceptors (Lipinski definition) is 1. The van der Waals surface area contributed by atoms with Crippen LogP contribution in [0.5, 0.6) is 0 Å². The number of rotatable bonds is 5. The molecule has 2 heteroatoms. The molecule has 0 fully saturated rings. The van der Waals surface area contributed by atoms with Crippen LogP contribution in [0.4, 0.5) is 0 Å². The summed E-state index contributed by atoms with van der Waals surface area (Å²) in [4.78, 5) is 13.3. The van der Waals surface area contributed by atoms with Gasteiger partial charge in [0.15, 0.2) is 0 Å². The molecule has 0 atom stereocenters. The average molecular weight is 205 g/mol. The molecule has 1 aromatic rings. The van der Waals surface area contributed by atoms with Gasteiger partial charge in [-0.25, -0.2) is 0 Å². The van der Waals surface area contributed by atoms with Gasteiger partial charge in [-0.05, 0) is 12.0 Å². The van der Waals surface area contributed by atoms with Gasteiger partial charge < -0.3 is 4.90 Å². The highest BCUT2D eigenvalue weighted by Crippen LogP contribution is 2.05. The van der Waals surface area contributed by atoms with E-state index in [0.29, 0.717) is 0 Å². The fraction of sp³-hybridized carbons (Fsp3) is 0.462. The molecular formula is C13H19NO. The van der Waals surface area contributed by atoms with Gasteiger partial charge in [0.05, 0.1) is 0 Å². The molecule has 0 saturated carbocycles. The lowest BCUT2D eigenvalue weighted by Crippen LogP contribution is -2.29. The molecule has 82 valence electrons. The van der Waals surface area contributed by atoms with Crippen LogP contribution in [-0.2, 0) is 11.3 Å². The Bertz CT molecular complexity index is 295. The fourth-order valence-corrected chi connectivity index (χ4v) is 1.50. The largest absolute Gasteiger partial charge is 0.339 e. The monoisotopic (exact) mass is 205 g/mol. The van der Waals surface area contributed by atoms with E-state index in [9.17, 15) is 4.79 Å². The molecule has 0 unspecified atom stereocenters. The van der Waals surface area contributed by atoms with Crippen molar-refractivity contribution in [1.29, 1.82) is 0 Å². The molecule has 15 heavy (non-hydrogen) atoms. The molecule has 1 rings (SSSR count). The minimum atomic E-state index is 0.160. The lowest BCUT2D eigenvalue weighted by molar-refractivity contribution is -0.129. The lowest BCUT2D eigenvalue weighted by Gasteiger charge is -2.20. The van der Waals surface area contributed by atoms with E-state index in [4.69, 9.17) is 0 Å². The Morgan fingerprint density at radius 2 is 1.93 bits per heavy atom. The standard InChI is InChI=1S/C13H19NO/c1-3-4-10-14(12(2)15)11-13-8-6-5-7-9-13/h5-9H,3-4,10-11H2,1-2H3. The predicted octanol–water partition coefficient (Wildman–Crippen LogP) is 2.84. The quantitative estimate of drug-likeness (QED) is 0.723. The first-order valence-electron chi connectivity index (χ1n) is 5.53. The van der Waals surface area contributed by atoms with Crippen molar-refractivity contribution in [1.82, 2.24) is 4.90 Å². The number of benzene rings is 1. The fourth-order valence-electron chi connectivity index (χ4n) is 1.50. The Balaban J connectivity index is 2.55. The average Bonchev–Trinajstić information content (AvgIpc) is 2.25. The Kier molecular flexibility index (Phi) is 4.88. The van der Waals surface area contributed by atoms with Crippen LogP contribution in [0.1, 0.15) is 32.3 Å². The summed E-state index contributed by atoms with van der Waals surface area (Å²) >= 11 is 0. The second-order valence-electron chi connectivity index (χ2n) is 3.78. The van der Waals surface area contributed by atoms with E-state index in [-0.39, 0.29) is 5.91 Å². The van der Waals surface area contributed by atoms with Crippen LogP contribution in [0.2, 0.25) is 0 Å². The first kappa shape index (κ1) is 11.8. The van der Waals surface area contributed by atoms with Crippen LogP contribution < -0.4 is 0 Å². The predicted molar refractivity (Wildman–Crippen MR) is 62.4 cm³/mol. The normalized spacial score (nSPS) is 10.0. The van der Waals surface area contributed by atoms with Crippen molar-refractivity contribution in [2.45, 2.75) is 33.2 Å². The van der Waals surface area contributed by atoms with Gasteiger partial charge in [-0.15, -0.1) is 0 Å². The number of nitrogens with zero attached hydrogens (tertiary/aromatic N) is 1. The Hall–Kier alpha value is -1.31. The van der Waals surface area contributed by atoms with Gasteiger partial charge >= 0.3 is 0 Å². The van der Waals surface area contributed by atoms with Gasteiger partial charge in [0, 0.05) is 20.0 Å². The lowest BCUT2D eigenvalue weighted by atomic mass is 10.2. The van der Waals surface area contributed by atoms with Gasteiger partial charge in [-0.2, -0.15) is 0 Å². The van der Waals surface area contributed by atoms with Crippen LogP contribution >= 0.6 is 0 Å². The van der Waals surface area contributed by atoms with Crippen LogP contribution in [0.25, 0.3) is 0 Å². The van der Waals surface area contributed by atoms with Gasteiger partial charge in [0.25, 0.3) is 0 Å². The third-order valence-electron chi connectivity index (χ3n) is 2.44. The number of unbranched alkanes of at least 4 members (excludes halogenated alkanes) is 1. The first-order valence-corrected chi connectivity index (χ1v) is 5.53. The van der Waals surface area contributed by atoms with Crippen LogP contribution in [0, 0.1) is 0 Å². The molecular weight excluding hydrogens is 186 g/mol. The van der Waals surface area contributed by atoms with Gasteiger partial charge in [-0.1, -0.05) is 43.7 Å². The molecule has 0 heterocycles. The summed E-state index contributed by atoms with van der Waals surface area (Å²) in [6.45, 7) is 5.37. The third-order valence-corrected chi connectivity index (χ3v) is 2.44. The van der Waals surface area contributed by atoms with E-state index in [1.807, 2.05) is 23.1 Å². The van der Waals surface area contributed by atoms with Crippen molar-refractivity contribution in [3.8, 4) is 0 Å². The molecule has 0 bridgehead atoms. The van der Waals surface area contributed by atoms with Crippen LogP contribution in [0.3, 0.4) is 0 Å². The van der Waals surface area contributed by atoms with E-state index in [1.165, 1.54) is 5.56 Å². The number of hydrogen-bond donors (Lipinski definition) is 0. The van der Waals surface area contributed by atoms with E-state index in [0.717, 1.165) is 25.9 Å². The maximum Gasteiger partial charge on any atom is 0.219 e. The molecule has 0 aromatic heterocycles. The topological polar surface area (TPSA) is 20.3 Å². The van der Waals surface area contributed by atoms with Gasteiger partial charge in [-0.3, -0.25) is 4.79 Å². The Morgan fingerprint density at radius 1 is 1.27 bits per heavy atom. The second-order valence-corrected chi connectivity index (χ2v) is 3.78. The van der Waals surface area contributed by atoms with Crippen LogP contribution in [0.15, 0.2) is 30.3 Å². The zero-order valence-electron chi connectivity index (χ0n) is 9.57. The van der Waals surface area contributed by atoms with E-state index >= 15 is 0 Å². The minimum absolute atomic E-state index is 0.160. The van der Waals surface area contributed by atoms with E-state index < -0.39 is 0 Å². The van der Waals surface area contributed by atoms with E-state index in [2.05, 4.69) is 19.1 Å². The van der Waals surface area contributed by atoms with E-state index in [1.54, 1.807) is 6.92 Å². The molecule has 0 aliphatic heterocycles. The number of carbonyl (C=O) groups excluding carboxylic acids is 1. The van der Waals surface area contributed by atoms with Gasteiger partial charge in [0.1, 0.15) is 0 Å². The summed E-state index contributed by atoms with van der Waals surface area (Å²) in [7, 11) is 0. The summed E-state index contributed by atoms with van der Waals surface area (Å²) in [5, 5.41) is 0. The molecule has 2 nitrogen and oxygen atoms in total. The Morgan fingerprint density at radius 3 is 2.47 bits per heavy atom. The summed E-state index contributed by atoms with van der Waals surface area (Å²) in [5.74, 6) is 0.160. The number of amides is 1. The summed E-state index contributed by atoms with van der Waals surface area (Å²) in [6.07, 6.45) is 2.20. The SMILES string of the molecule is CCCCN(Cc1ccccc1)C(C)=O. The smallest absolute Gasteiger partial charge is 0.219 e. The highest BCUT2D eigenvalue weighted by atomic mass is 16.2. The zero-order valence-corrected chi connectivity index (χ0v) is 9.57. The van der Waals surface area contributed by atoms with Gasteiger partial charge in [0.2, 0.25) is 5.91 Å². The molecule has 1 aromatic carbocycles. The maximum absolute atomic E-state index is 11.4. The molecule has 1 amide bonds. The van der Waals surface area contributed by atoms with Crippen molar-refractivity contribution in [3.05, 3.63) is 35.9 Å². The zero-order chi connectivity index (χ0) is 11.1. The summed E-state index contributed by atoms with van der Waals surface area (Å²) in [6, 6.07) is 10.1.